The van der Waals surface area contributed by atoms with Crippen molar-refractivity contribution < 1.29 is 14.8 Å². The topological polar surface area (TPSA) is 92.5 Å². The molecule has 0 radical (unpaired) electrons. The predicted octanol–water partition coefficient (Wildman–Crippen LogP) is 2.43. The normalized spacial score (nSPS) is 11.9. The third-order valence-electron chi connectivity index (χ3n) is 2.81. The summed E-state index contributed by atoms with van der Waals surface area (Å²) in [4.78, 5) is 21.3. The highest BCUT2D eigenvalue weighted by atomic mass is 16.6. The van der Waals surface area contributed by atoms with Crippen LogP contribution in [0.25, 0.3) is 0 Å². The Morgan fingerprint density at radius 1 is 1.56 bits per heavy atom. The van der Waals surface area contributed by atoms with Gasteiger partial charge in [-0.15, -0.1) is 0 Å². The number of carbonyl (C=O) groups is 1. The second-order valence-corrected chi connectivity index (χ2v) is 4.05. The van der Waals surface area contributed by atoms with Crippen molar-refractivity contribution in [1.29, 1.82) is 0 Å². The smallest absolute Gasteiger partial charge is 0.308 e. The fourth-order valence-corrected chi connectivity index (χ4v) is 1.67. The molecular formula is C12H16N2O4. The Hall–Kier alpha value is -2.11. The molecule has 0 aliphatic carbocycles. The van der Waals surface area contributed by atoms with Gasteiger partial charge in [0.1, 0.15) is 5.69 Å². The molecule has 1 atom stereocenters. The molecular weight excluding hydrogens is 236 g/mol. The van der Waals surface area contributed by atoms with Crippen molar-refractivity contribution in [3.05, 3.63) is 33.9 Å². The monoisotopic (exact) mass is 252 g/mol. The Morgan fingerprint density at radius 2 is 2.22 bits per heavy atom. The minimum atomic E-state index is -0.902. The number of para-hydroxylation sites is 1. The number of nitrogens with one attached hydrogen (secondary N) is 1. The van der Waals surface area contributed by atoms with E-state index in [1.165, 1.54) is 6.07 Å². The lowest BCUT2D eigenvalue weighted by atomic mass is 10.1. The number of hydrogen-bond donors (Lipinski definition) is 2. The van der Waals surface area contributed by atoms with Crippen molar-refractivity contribution in [3.8, 4) is 0 Å². The van der Waals surface area contributed by atoms with Gasteiger partial charge in [-0.25, -0.2) is 0 Å². The minimum absolute atomic E-state index is 0.0322. The molecule has 0 aliphatic rings. The first-order chi connectivity index (χ1) is 8.47. The van der Waals surface area contributed by atoms with Crippen molar-refractivity contribution in [2.24, 2.45) is 5.92 Å². The van der Waals surface area contributed by atoms with Gasteiger partial charge in [0, 0.05) is 12.6 Å². The van der Waals surface area contributed by atoms with Crippen molar-refractivity contribution in [2.75, 3.05) is 11.9 Å². The van der Waals surface area contributed by atoms with Gasteiger partial charge in [-0.05, 0) is 18.9 Å². The summed E-state index contributed by atoms with van der Waals surface area (Å²) in [7, 11) is 0. The van der Waals surface area contributed by atoms with Gasteiger partial charge in [0.05, 0.1) is 10.8 Å². The summed E-state index contributed by atoms with van der Waals surface area (Å²) in [5.74, 6) is -1.45. The van der Waals surface area contributed by atoms with Crippen LogP contribution in [-0.2, 0) is 4.79 Å². The van der Waals surface area contributed by atoms with E-state index < -0.39 is 16.8 Å². The Balaban J connectivity index is 2.90. The molecule has 0 saturated carbocycles. The lowest BCUT2D eigenvalue weighted by Crippen LogP contribution is -2.22. The molecule has 0 spiro atoms. The first kappa shape index (κ1) is 14.0. The van der Waals surface area contributed by atoms with Crippen LogP contribution in [0.2, 0.25) is 0 Å². The summed E-state index contributed by atoms with van der Waals surface area (Å²) in [5.41, 5.74) is 1.09. The molecule has 1 aromatic carbocycles. The van der Waals surface area contributed by atoms with E-state index >= 15 is 0 Å². The minimum Gasteiger partial charge on any atom is -0.481 e. The lowest BCUT2D eigenvalue weighted by molar-refractivity contribution is -0.384. The maximum absolute atomic E-state index is 10.9. The van der Waals surface area contributed by atoms with Gasteiger partial charge in [-0.3, -0.25) is 14.9 Å². The number of nitro groups is 1. The van der Waals surface area contributed by atoms with Crippen molar-refractivity contribution in [2.45, 2.75) is 20.3 Å². The van der Waals surface area contributed by atoms with Crippen molar-refractivity contribution in [3.63, 3.8) is 0 Å². The molecule has 0 fully saturated rings. The molecule has 1 unspecified atom stereocenters. The van der Waals surface area contributed by atoms with E-state index in [0.29, 0.717) is 12.1 Å². The fourth-order valence-electron chi connectivity index (χ4n) is 1.67. The average Bonchev–Trinajstić information content (AvgIpc) is 2.30. The van der Waals surface area contributed by atoms with Gasteiger partial charge >= 0.3 is 5.97 Å². The number of rotatable bonds is 6. The predicted molar refractivity (Wildman–Crippen MR) is 67.7 cm³/mol. The van der Waals surface area contributed by atoms with Crippen LogP contribution in [0, 0.1) is 23.0 Å². The zero-order valence-corrected chi connectivity index (χ0v) is 10.3. The number of aliphatic carboxylic acids is 1. The van der Waals surface area contributed by atoms with Crippen molar-refractivity contribution >= 4 is 17.3 Å². The van der Waals surface area contributed by atoms with E-state index in [2.05, 4.69) is 5.32 Å². The van der Waals surface area contributed by atoms with E-state index in [4.69, 9.17) is 5.11 Å². The summed E-state index contributed by atoms with van der Waals surface area (Å²) in [5, 5.41) is 22.7. The van der Waals surface area contributed by atoms with Gasteiger partial charge in [-0.1, -0.05) is 19.1 Å². The van der Waals surface area contributed by atoms with Crippen LogP contribution in [0.3, 0.4) is 0 Å². The van der Waals surface area contributed by atoms with E-state index in [0.717, 1.165) is 5.56 Å². The number of carboxylic acids is 1. The third-order valence-corrected chi connectivity index (χ3v) is 2.81. The van der Waals surface area contributed by atoms with E-state index in [9.17, 15) is 14.9 Å². The number of anilines is 1. The van der Waals surface area contributed by atoms with E-state index in [1.54, 1.807) is 26.0 Å². The molecule has 18 heavy (non-hydrogen) atoms. The Bertz CT molecular complexity index is 459. The number of aryl methyl sites for hydroxylation is 1. The maximum Gasteiger partial charge on any atom is 0.308 e. The summed E-state index contributed by atoms with van der Waals surface area (Å²) in [6.07, 6.45) is 0.474. The molecule has 6 heteroatoms. The molecule has 0 aliphatic heterocycles. The molecule has 0 saturated heterocycles. The quantitative estimate of drug-likeness (QED) is 0.599. The molecule has 98 valence electrons. The van der Waals surface area contributed by atoms with Crippen molar-refractivity contribution in [1.82, 2.24) is 0 Å². The van der Waals surface area contributed by atoms with Crippen LogP contribution in [0.5, 0.6) is 0 Å². The number of nitro benzene ring substituents is 1. The maximum atomic E-state index is 10.9. The van der Waals surface area contributed by atoms with Gasteiger partial charge in [0.15, 0.2) is 0 Å². The first-order valence-corrected chi connectivity index (χ1v) is 5.68. The zero-order valence-electron chi connectivity index (χ0n) is 10.3. The number of carboxylic acid groups (broad SMARTS) is 1. The molecule has 6 nitrogen and oxygen atoms in total. The van der Waals surface area contributed by atoms with E-state index in [-0.39, 0.29) is 12.2 Å². The lowest BCUT2D eigenvalue weighted by Gasteiger charge is -2.13. The first-order valence-electron chi connectivity index (χ1n) is 5.68. The second kappa shape index (κ2) is 6.00. The van der Waals surface area contributed by atoms with Crippen LogP contribution in [0.1, 0.15) is 18.9 Å². The standard InChI is InChI=1S/C12H16N2O4/c1-3-9(12(15)16)7-13-11-8(2)5-4-6-10(11)14(17)18/h4-6,9,13H,3,7H2,1-2H3,(H,15,16). The van der Waals surface area contributed by atoms with Gasteiger partial charge in [0.2, 0.25) is 0 Å². The third kappa shape index (κ3) is 3.19. The largest absolute Gasteiger partial charge is 0.481 e. The highest BCUT2D eigenvalue weighted by molar-refractivity contribution is 5.72. The highest BCUT2D eigenvalue weighted by Crippen LogP contribution is 2.27. The van der Waals surface area contributed by atoms with Gasteiger partial charge in [0.25, 0.3) is 5.69 Å². The molecule has 0 heterocycles. The van der Waals surface area contributed by atoms with Crippen LogP contribution >= 0.6 is 0 Å². The Kier molecular flexibility index (Phi) is 4.65. The summed E-state index contributed by atoms with van der Waals surface area (Å²) < 4.78 is 0. The molecule has 2 N–H and O–H groups in total. The van der Waals surface area contributed by atoms with Gasteiger partial charge < -0.3 is 10.4 Å². The molecule has 1 aromatic rings. The Morgan fingerprint density at radius 3 is 2.72 bits per heavy atom. The van der Waals surface area contributed by atoms with Crippen LogP contribution in [0.4, 0.5) is 11.4 Å². The zero-order chi connectivity index (χ0) is 13.7. The second-order valence-electron chi connectivity index (χ2n) is 4.05. The number of nitrogens with zero attached hydrogens (tertiary/aromatic N) is 1. The summed E-state index contributed by atoms with van der Waals surface area (Å²) in [6.45, 7) is 3.70. The SMILES string of the molecule is CCC(CNc1c(C)cccc1[N+](=O)[O-])C(=O)O. The summed E-state index contributed by atoms with van der Waals surface area (Å²) in [6, 6.07) is 4.75. The van der Waals surface area contributed by atoms with Crippen LogP contribution in [0.15, 0.2) is 18.2 Å². The molecule has 0 aromatic heterocycles. The van der Waals surface area contributed by atoms with E-state index in [1.807, 2.05) is 0 Å². The molecule has 1 rings (SSSR count). The number of hydrogen-bond acceptors (Lipinski definition) is 4. The highest BCUT2D eigenvalue weighted by Gasteiger charge is 2.19. The van der Waals surface area contributed by atoms with Crippen LogP contribution < -0.4 is 5.32 Å². The Labute approximate surface area is 105 Å². The average molecular weight is 252 g/mol. The molecule has 0 bridgehead atoms. The molecule has 0 amide bonds. The van der Waals surface area contributed by atoms with Gasteiger partial charge in [-0.2, -0.15) is 0 Å². The summed E-state index contributed by atoms with van der Waals surface area (Å²) >= 11 is 0. The van der Waals surface area contributed by atoms with Crippen LogP contribution in [-0.4, -0.2) is 22.5 Å². The fraction of sp³-hybridized carbons (Fsp3) is 0.417. The number of benzene rings is 1.